The molecule has 0 fully saturated rings. The lowest BCUT2D eigenvalue weighted by molar-refractivity contribution is 0.207. The summed E-state index contributed by atoms with van der Waals surface area (Å²) in [6.45, 7) is 6.53. The first-order valence-electron chi connectivity index (χ1n) is 6.25. The van der Waals surface area contributed by atoms with Gasteiger partial charge in [-0.1, -0.05) is 25.1 Å². The number of benzene rings is 1. The molecule has 0 spiro atoms. The molecule has 0 aliphatic carbocycles. The van der Waals surface area contributed by atoms with E-state index >= 15 is 0 Å². The third kappa shape index (κ3) is 5.76. The topological polar surface area (TPSA) is 21.3 Å². The van der Waals surface area contributed by atoms with Gasteiger partial charge in [-0.25, -0.2) is 0 Å². The summed E-state index contributed by atoms with van der Waals surface area (Å²) in [5.41, 5.74) is 0. The van der Waals surface area contributed by atoms with Crippen molar-refractivity contribution in [2.45, 2.75) is 39.2 Å². The predicted octanol–water partition coefficient (Wildman–Crippen LogP) is 3.23. The minimum absolute atomic E-state index is 0.297. The number of hydrogen-bond donors (Lipinski definition) is 1. The Hall–Kier alpha value is -1.02. The molecule has 1 aromatic carbocycles. The summed E-state index contributed by atoms with van der Waals surface area (Å²) in [7, 11) is 0. The van der Waals surface area contributed by atoms with E-state index < -0.39 is 0 Å². The van der Waals surface area contributed by atoms with Gasteiger partial charge in [0.1, 0.15) is 5.75 Å². The number of ether oxygens (including phenoxy) is 1. The number of nitrogens with one attached hydrogen (secondary N) is 1. The summed E-state index contributed by atoms with van der Waals surface area (Å²) in [6, 6.07) is 10.0. The Morgan fingerprint density at radius 1 is 1.19 bits per heavy atom. The smallest absolute Gasteiger partial charge is 0.119 e. The van der Waals surface area contributed by atoms with Crippen molar-refractivity contribution in [2.75, 3.05) is 13.1 Å². The van der Waals surface area contributed by atoms with Crippen molar-refractivity contribution in [3.63, 3.8) is 0 Å². The van der Waals surface area contributed by atoms with E-state index in [4.69, 9.17) is 4.74 Å². The fourth-order valence-corrected chi connectivity index (χ4v) is 1.61. The van der Waals surface area contributed by atoms with Gasteiger partial charge in [0.05, 0.1) is 6.10 Å². The molecule has 0 heterocycles. The van der Waals surface area contributed by atoms with E-state index in [1.54, 1.807) is 0 Å². The third-order valence-corrected chi connectivity index (χ3v) is 2.47. The molecule has 1 N–H and O–H groups in total. The van der Waals surface area contributed by atoms with Crippen LogP contribution in [-0.2, 0) is 0 Å². The monoisotopic (exact) mass is 221 g/mol. The molecule has 2 heteroatoms. The number of para-hydroxylation sites is 1. The second kappa shape index (κ2) is 8.17. The summed E-state index contributed by atoms with van der Waals surface area (Å²) in [5.74, 6) is 0.969. The molecule has 0 amide bonds. The van der Waals surface area contributed by atoms with E-state index in [0.717, 1.165) is 25.3 Å². The zero-order chi connectivity index (χ0) is 11.6. The normalized spacial score (nSPS) is 12.4. The van der Waals surface area contributed by atoms with E-state index in [9.17, 15) is 0 Å². The molecule has 0 aromatic heterocycles. The lowest BCUT2D eigenvalue weighted by Crippen LogP contribution is -2.19. The molecular formula is C14H23NO. The van der Waals surface area contributed by atoms with Crippen molar-refractivity contribution >= 4 is 0 Å². The van der Waals surface area contributed by atoms with E-state index in [1.807, 2.05) is 30.3 Å². The molecule has 16 heavy (non-hydrogen) atoms. The van der Waals surface area contributed by atoms with Crippen molar-refractivity contribution in [1.29, 1.82) is 0 Å². The maximum atomic E-state index is 5.79. The third-order valence-electron chi connectivity index (χ3n) is 2.47. The number of hydrogen-bond acceptors (Lipinski definition) is 2. The Kier molecular flexibility index (Phi) is 6.66. The standard InChI is InChI=1S/C14H23NO/c1-3-11-15-12-7-8-13(2)16-14-9-5-4-6-10-14/h4-6,9-10,13,15H,3,7-8,11-12H2,1-2H3. The predicted molar refractivity (Wildman–Crippen MR) is 68.9 cm³/mol. The molecule has 2 nitrogen and oxygen atoms in total. The van der Waals surface area contributed by atoms with Crippen LogP contribution in [0.25, 0.3) is 0 Å². The lowest BCUT2D eigenvalue weighted by Gasteiger charge is -2.14. The van der Waals surface area contributed by atoms with E-state index in [0.29, 0.717) is 6.10 Å². The molecule has 0 bridgehead atoms. The Morgan fingerprint density at radius 2 is 1.94 bits per heavy atom. The number of rotatable bonds is 8. The van der Waals surface area contributed by atoms with E-state index in [1.165, 1.54) is 12.8 Å². The van der Waals surface area contributed by atoms with Crippen LogP contribution < -0.4 is 10.1 Å². The molecule has 1 rings (SSSR count). The quantitative estimate of drug-likeness (QED) is 0.680. The Morgan fingerprint density at radius 3 is 2.62 bits per heavy atom. The minimum atomic E-state index is 0.297. The molecule has 0 saturated heterocycles. The highest BCUT2D eigenvalue weighted by molar-refractivity contribution is 5.21. The summed E-state index contributed by atoms with van der Waals surface area (Å²) in [5, 5.41) is 3.40. The van der Waals surface area contributed by atoms with Crippen LogP contribution in [0.15, 0.2) is 30.3 Å². The van der Waals surface area contributed by atoms with Crippen LogP contribution in [0.2, 0.25) is 0 Å². The SMILES string of the molecule is CCCNCCCC(C)Oc1ccccc1. The van der Waals surface area contributed by atoms with Gasteiger partial charge in [-0.05, 0) is 51.4 Å². The molecule has 0 aliphatic rings. The molecule has 0 saturated carbocycles. The molecule has 1 aromatic rings. The highest BCUT2D eigenvalue weighted by atomic mass is 16.5. The summed E-state index contributed by atoms with van der Waals surface area (Å²) in [4.78, 5) is 0. The highest BCUT2D eigenvalue weighted by Crippen LogP contribution is 2.12. The van der Waals surface area contributed by atoms with Crippen molar-refractivity contribution in [1.82, 2.24) is 5.32 Å². The highest BCUT2D eigenvalue weighted by Gasteiger charge is 2.02. The van der Waals surface area contributed by atoms with Gasteiger partial charge in [-0.3, -0.25) is 0 Å². The van der Waals surface area contributed by atoms with Gasteiger partial charge < -0.3 is 10.1 Å². The Bertz CT molecular complexity index is 261. The van der Waals surface area contributed by atoms with Crippen LogP contribution in [0.1, 0.15) is 33.1 Å². The van der Waals surface area contributed by atoms with Gasteiger partial charge in [0.2, 0.25) is 0 Å². The van der Waals surface area contributed by atoms with Gasteiger partial charge in [0.15, 0.2) is 0 Å². The molecule has 90 valence electrons. The van der Waals surface area contributed by atoms with Crippen LogP contribution in [0, 0.1) is 0 Å². The second-order valence-electron chi connectivity index (χ2n) is 4.13. The van der Waals surface area contributed by atoms with Crippen molar-refractivity contribution in [3.8, 4) is 5.75 Å². The fraction of sp³-hybridized carbons (Fsp3) is 0.571. The molecule has 0 aliphatic heterocycles. The van der Waals surface area contributed by atoms with Crippen LogP contribution in [0.3, 0.4) is 0 Å². The molecule has 1 unspecified atom stereocenters. The summed E-state index contributed by atoms with van der Waals surface area (Å²) < 4.78 is 5.79. The van der Waals surface area contributed by atoms with Gasteiger partial charge in [-0.2, -0.15) is 0 Å². The van der Waals surface area contributed by atoms with Gasteiger partial charge in [0, 0.05) is 0 Å². The first-order valence-corrected chi connectivity index (χ1v) is 6.25. The van der Waals surface area contributed by atoms with Gasteiger partial charge >= 0.3 is 0 Å². The Balaban J connectivity index is 2.09. The Labute approximate surface area is 99.0 Å². The van der Waals surface area contributed by atoms with Crippen molar-refractivity contribution in [2.24, 2.45) is 0 Å². The van der Waals surface area contributed by atoms with Gasteiger partial charge in [0.25, 0.3) is 0 Å². The molecular weight excluding hydrogens is 198 g/mol. The zero-order valence-corrected chi connectivity index (χ0v) is 10.4. The van der Waals surface area contributed by atoms with Crippen molar-refractivity contribution in [3.05, 3.63) is 30.3 Å². The van der Waals surface area contributed by atoms with Crippen LogP contribution in [-0.4, -0.2) is 19.2 Å². The van der Waals surface area contributed by atoms with E-state index in [2.05, 4.69) is 19.2 Å². The molecule has 1 atom stereocenters. The van der Waals surface area contributed by atoms with Crippen molar-refractivity contribution < 1.29 is 4.74 Å². The minimum Gasteiger partial charge on any atom is -0.491 e. The first-order chi connectivity index (χ1) is 7.83. The average molecular weight is 221 g/mol. The summed E-state index contributed by atoms with van der Waals surface area (Å²) >= 11 is 0. The maximum Gasteiger partial charge on any atom is 0.119 e. The fourth-order valence-electron chi connectivity index (χ4n) is 1.61. The largest absolute Gasteiger partial charge is 0.491 e. The molecule has 0 radical (unpaired) electrons. The average Bonchev–Trinajstić information content (AvgIpc) is 2.30. The zero-order valence-electron chi connectivity index (χ0n) is 10.4. The van der Waals surface area contributed by atoms with Crippen LogP contribution >= 0.6 is 0 Å². The summed E-state index contributed by atoms with van der Waals surface area (Å²) in [6.07, 6.45) is 3.78. The maximum absolute atomic E-state index is 5.79. The van der Waals surface area contributed by atoms with Crippen LogP contribution in [0.4, 0.5) is 0 Å². The van der Waals surface area contributed by atoms with E-state index in [-0.39, 0.29) is 0 Å². The van der Waals surface area contributed by atoms with Gasteiger partial charge in [-0.15, -0.1) is 0 Å². The lowest BCUT2D eigenvalue weighted by atomic mass is 10.2. The van der Waals surface area contributed by atoms with Crippen LogP contribution in [0.5, 0.6) is 5.75 Å². The second-order valence-corrected chi connectivity index (χ2v) is 4.13. The first kappa shape index (κ1) is 13.0.